The molecule has 1 saturated heterocycles. The van der Waals surface area contributed by atoms with Gasteiger partial charge in [-0.25, -0.2) is 0 Å². The maximum atomic E-state index is 5.61. The lowest BCUT2D eigenvalue weighted by molar-refractivity contribution is 0.239. The van der Waals surface area contributed by atoms with Gasteiger partial charge in [-0.15, -0.1) is 30.6 Å². The van der Waals surface area contributed by atoms with E-state index in [0.717, 1.165) is 49.4 Å². The molecule has 0 amide bonds. The molecule has 1 heterocycles. The molecule has 1 fully saturated rings. The Morgan fingerprint density at radius 3 is 2.74 bits per heavy atom. The number of nitrogens with one attached hydrogen (secondary N) is 2. The van der Waals surface area contributed by atoms with Crippen LogP contribution in [-0.4, -0.2) is 62.7 Å². The van der Waals surface area contributed by atoms with Crippen LogP contribution in [0.2, 0.25) is 0 Å². The second kappa shape index (κ2) is 14.1. The van der Waals surface area contributed by atoms with Gasteiger partial charge in [0.2, 0.25) is 0 Å². The predicted octanol–water partition coefficient (Wildman–Crippen LogP) is 3.53. The van der Waals surface area contributed by atoms with Gasteiger partial charge in [-0.05, 0) is 32.0 Å². The van der Waals surface area contributed by atoms with Crippen molar-refractivity contribution in [2.75, 3.05) is 51.8 Å². The van der Waals surface area contributed by atoms with E-state index in [2.05, 4.69) is 39.2 Å². The smallest absolute Gasteiger partial charge is 0.191 e. The average molecular weight is 504 g/mol. The van der Waals surface area contributed by atoms with Crippen LogP contribution in [0.25, 0.3) is 0 Å². The van der Waals surface area contributed by atoms with Crippen molar-refractivity contribution in [2.24, 2.45) is 4.99 Å². The molecule has 27 heavy (non-hydrogen) atoms. The lowest BCUT2D eigenvalue weighted by atomic mass is 10.0. The second-order valence-electron chi connectivity index (χ2n) is 6.24. The Kier molecular flexibility index (Phi) is 12.6. The first-order valence-corrected chi connectivity index (χ1v) is 10.5. The summed E-state index contributed by atoms with van der Waals surface area (Å²) in [7, 11) is 3.56. The highest BCUT2D eigenvalue weighted by atomic mass is 127. The molecule has 0 bridgehead atoms. The molecule has 1 aliphatic rings. The number of para-hydroxylation sites is 1. The highest BCUT2D eigenvalue weighted by Crippen LogP contribution is 2.31. The fourth-order valence-electron chi connectivity index (χ4n) is 3.25. The van der Waals surface area contributed by atoms with Crippen LogP contribution in [-0.2, 0) is 0 Å². The number of hydrogen-bond donors (Lipinski definition) is 2. The fourth-order valence-corrected chi connectivity index (χ4v) is 3.83. The highest BCUT2D eigenvalue weighted by Gasteiger charge is 2.25. The van der Waals surface area contributed by atoms with E-state index in [9.17, 15) is 0 Å². The number of rotatable bonds is 10. The Labute approximate surface area is 185 Å². The summed E-state index contributed by atoms with van der Waals surface area (Å²) in [6, 6.07) is 8.61. The number of nitrogens with zero attached hydrogens (tertiary/aromatic N) is 2. The molecule has 0 saturated carbocycles. The van der Waals surface area contributed by atoms with Crippen molar-refractivity contribution in [1.29, 1.82) is 0 Å². The third-order valence-corrected chi connectivity index (χ3v) is 5.50. The molecule has 7 heteroatoms. The average Bonchev–Trinajstić information content (AvgIpc) is 3.21. The molecule has 1 aromatic carbocycles. The summed E-state index contributed by atoms with van der Waals surface area (Å²) in [5.74, 6) is 3.83. The zero-order chi connectivity index (χ0) is 18.6. The van der Waals surface area contributed by atoms with Gasteiger partial charge >= 0.3 is 0 Å². The summed E-state index contributed by atoms with van der Waals surface area (Å²) in [5, 5.41) is 6.89. The molecule has 0 aromatic heterocycles. The zero-order valence-corrected chi connectivity index (χ0v) is 19.6. The van der Waals surface area contributed by atoms with Crippen LogP contribution in [0.1, 0.15) is 24.4 Å². The minimum atomic E-state index is 0. The topological polar surface area (TPSA) is 48.9 Å². The molecule has 1 atom stereocenters. The molecular formula is C20H33IN4OS. The number of halogens is 1. The van der Waals surface area contributed by atoms with Gasteiger partial charge in [-0.2, -0.15) is 11.8 Å². The van der Waals surface area contributed by atoms with Crippen molar-refractivity contribution >= 4 is 41.7 Å². The summed E-state index contributed by atoms with van der Waals surface area (Å²) in [5.41, 5.74) is 1.24. The van der Waals surface area contributed by atoms with E-state index in [4.69, 9.17) is 4.74 Å². The molecule has 5 nitrogen and oxygen atoms in total. The number of thioether (sulfide) groups is 1. The van der Waals surface area contributed by atoms with Crippen molar-refractivity contribution < 1.29 is 4.74 Å². The van der Waals surface area contributed by atoms with Crippen molar-refractivity contribution in [2.45, 2.75) is 18.9 Å². The zero-order valence-electron chi connectivity index (χ0n) is 16.4. The number of benzene rings is 1. The lowest BCUT2D eigenvalue weighted by Crippen LogP contribution is -2.43. The van der Waals surface area contributed by atoms with E-state index in [1.165, 1.54) is 18.4 Å². The van der Waals surface area contributed by atoms with Crippen LogP contribution >= 0.6 is 35.7 Å². The van der Waals surface area contributed by atoms with Crippen LogP contribution in [0, 0.1) is 0 Å². The molecule has 1 aliphatic heterocycles. The standard InChI is InChI=1S/C20H32N4OS.HI/c1-4-14-26-15-11-22-20(21-2)23-16-18(24-12-7-8-13-24)17-9-5-6-10-19(17)25-3;/h4-6,9-10,18H,1,7-8,11-16H2,2-3H3,(H2,21,22,23);1H. The maximum Gasteiger partial charge on any atom is 0.191 e. The van der Waals surface area contributed by atoms with Crippen LogP contribution in [0.3, 0.4) is 0 Å². The Morgan fingerprint density at radius 2 is 2.07 bits per heavy atom. The van der Waals surface area contributed by atoms with Crippen molar-refractivity contribution in [1.82, 2.24) is 15.5 Å². The van der Waals surface area contributed by atoms with Gasteiger partial charge in [0.1, 0.15) is 5.75 Å². The van der Waals surface area contributed by atoms with E-state index in [0.29, 0.717) is 0 Å². The maximum absolute atomic E-state index is 5.61. The molecule has 0 aliphatic carbocycles. The largest absolute Gasteiger partial charge is 0.496 e. The quantitative estimate of drug-likeness (QED) is 0.168. The Morgan fingerprint density at radius 1 is 1.33 bits per heavy atom. The second-order valence-corrected chi connectivity index (χ2v) is 7.39. The third kappa shape index (κ3) is 7.91. The van der Waals surface area contributed by atoms with Crippen LogP contribution in [0.4, 0.5) is 0 Å². The molecule has 1 unspecified atom stereocenters. The molecule has 0 radical (unpaired) electrons. The number of aliphatic imine (C=N–C) groups is 1. The minimum Gasteiger partial charge on any atom is -0.496 e. The van der Waals surface area contributed by atoms with Gasteiger partial charge in [0, 0.05) is 37.2 Å². The number of likely N-dealkylation sites (tertiary alicyclic amines) is 1. The Bertz CT molecular complexity index is 579. The molecule has 2 rings (SSSR count). The Balaban J connectivity index is 0.00000364. The summed E-state index contributed by atoms with van der Waals surface area (Å²) >= 11 is 1.86. The summed E-state index contributed by atoms with van der Waals surface area (Å²) in [4.78, 5) is 6.90. The molecule has 2 N–H and O–H groups in total. The van der Waals surface area contributed by atoms with Crippen LogP contribution in [0.15, 0.2) is 41.9 Å². The summed E-state index contributed by atoms with van der Waals surface area (Å²) in [6.45, 7) is 7.71. The van der Waals surface area contributed by atoms with Gasteiger partial charge in [0.15, 0.2) is 5.96 Å². The predicted molar refractivity (Wildman–Crippen MR) is 129 cm³/mol. The number of hydrogen-bond acceptors (Lipinski definition) is 4. The van der Waals surface area contributed by atoms with Gasteiger partial charge in [0.05, 0.1) is 13.2 Å². The first-order chi connectivity index (χ1) is 12.8. The lowest BCUT2D eigenvalue weighted by Gasteiger charge is -2.30. The number of ether oxygens (including phenoxy) is 1. The van der Waals surface area contributed by atoms with Gasteiger partial charge in [-0.1, -0.05) is 24.3 Å². The molecular weight excluding hydrogens is 471 g/mol. The fraction of sp³-hybridized carbons (Fsp3) is 0.550. The monoisotopic (exact) mass is 504 g/mol. The number of methoxy groups -OCH3 is 1. The summed E-state index contributed by atoms with van der Waals surface area (Å²) < 4.78 is 5.61. The highest BCUT2D eigenvalue weighted by molar-refractivity contribution is 14.0. The van der Waals surface area contributed by atoms with Crippen molar-refractivity contribution in [3.8, 4) is 5.75 Å². The van der Waals surface area contributed by atoms with E-state index in [-0.39, 0.29) is 30.0 Å². The van der Waals surface area contributed by atoms with E-state index < -0.39 is 0 Å². The van der Waals surface area contributed by atoms with E-state index in [1.54, 1.807) is 7.11 Å². The normalized spacial score (nSPS) is 15.7. The van der Waals surface area contributed by atoms with Crippen LogP contribution in [0.5, 0.6) is 5.75 Å². The molecule has 152 valence electrons. The van der Waals surface area contributed by atoms with Crippen molar-refractivity contribution in [3.05, 3.63) is 42.5 Å². The van der Waals surface area contributed by atoms with E-state index in [1.807, 2.05) is 37.0 Å². The van der Waals surface area contributed by atoms with Gasteiger partial charge < -0.3 is 15.4 Å². The van der Waals surface area contributed by atoms with Gasteiger partial charge in [-0.3, -0.25) is 9.89 Å². The summed E-state index contributed by atoms with van der Waals surface area (Å²) in [6.07, 6.45) is 4.46. The number of guanidine groups is 1. The van der Waals surface area contributed by atoms with Crippen LogP contribution < -0.4 is 15.4 Å². The minimum absolute atomic E-state index is 0. The van der Waals surface area contributed by atoms with Crippen molar-refractivity contribution in [3.63, 3.8) is 0 Å². The third-order valence-electron chi connectivity index (χ3n) is 4.54. The molecule has 1 aromatic rings. The Hall–Kier alpha value is -0.930. The van der Waals surface area contributed by atoms with E-state index >= 15 is 0 Å². The first kappa shape index (κ1) is 24.1. The SMILES string of the molecule is C=CCSCCNC(=NC)NCC(c1ccccc1OC)N1CCCC1.I. The van der Waals surface area contributed by atoms with Gasteiger partial charge in [0.25, 0.3) is 0 Å². The molecule has 0 spiro atoms. The first-order valence-electron chi connectivity index (χ1n) is 9.30.